The fraction of sp³-hybridized carbons (Fsp3) is 0.667. The highest BCUT2D eigenvalue weighted by Gasteiger charge is 2.25. The summed E-state index contributed by atoms with van der Waals surface area (Å²) >= 11 is 1.21. The number of nitrogens with one attached hydrogen (secondary N) is 1. The first-order chi connectivity index (χ1) is 13.9. The van der Waals surface area contributed by atoms with E-state index in [1.165, 1.54) is 30.6 Å². The van der Waals surface area contributed by atoms with Crippen molar-refractivity contribution in [1.82, 2.24) is 14.9 Å². The van der Waals surface area contributed by atoms with Crippen LogP contribution in [-0.2, 0) is 11.3 Å². The van der Waals surface area contributed by atoms with E-state index in [2.05, 4.69) is 14.9 Å². The topological polar surface area (TPSA) is 95.5 Å². The largest absolute Gasteiger partial charge is 0.462 e. The average Bonchev–Trinajstić information content (AvgIpc) is 3.05. The van der Waals surface area contributed by atoms with Crippen molar-refractivity contribution >= 4 is 27.5 Å². The lowest BCUT2D eigenvalue weighted by atomic mass is 9.94. The van der Waals surface area contributed by atoms with Gasteiger partial charge in [0, 0.05) is 12.6 Å². The van der Waals surface area contributed by atoms with Gasteiger partial charge in [-0.1, -0.05) is 26.2 Å². The molecule has 0 radical (unpaired) electrons. The van der Waals surface area contributed by atoms with E-state index in [-0.39, 0.29) is 12.2 Å². The number of thiophene rings is 1. The molecule has 2 N–H and O–H groups in total. The predicted molar refractivity (Wildman–Crippen MR) is 115 cm³/mol. The molecule has 3 rings (SSSR count). The molecule has 0 saturated heterocycles. The van der Waals surface area contributed by atoms with Crippen molar-refractivity contribution in [2.45, 2.75) is 78.0 Å². The predicted octanol–water partition coefficient (Wildman–Crippen LogP) is 3.38. The summed E-state index contributed by atoms with van der Waals surface area (Å²) in [6, 6.07) is 0.395. The zero-order chi connectivity index (χ0) is 21.0. The molecule has 0 amide bonds. The Hall–Kier alpha value is -1.77. The molecule has 1 atom stereocenters. The van der Waals surface area contributed by atoms with Gasteiger partial charge in [-0.3, -0.25) is 9.69 Å². The van der Waals surface area contributed by atoms with Crippen LogP contribution in [0.1, 0.15) is 73.4 Å². The molecule has 2 aromatic heterocycles. The zero-order valence-corrected chi connectivity index (χ0v) is 18.3. The smallest absolute Gasteiger partial charge is 0.348 e. The van der Waals surface area contributed by atoms with Crippen LogP contribution in [0.5, 0.6) is 0 Å². The van der Waals surface area contributed by atoms with Crippen molar-refractivity contribution in [3.63, 3.8) is 0 Å². The lowest BCUT2D eigenvalue weighted by Gasteiger charge is -2.35. The van der Waals surface area contributed by atoms with Crippen LogP contribution in [0.25, 0.3) is 10.2 Å². The first-order valence-corrected chi connectivity index (χ1v) is 11.4. The standard InChI is InChI=1S/C21H31N3O4S/c1-4-15(25)11-24(14-9-7-6-8-10-14)12-16-22-19(26)17-13(3)18(21(27)28-5-2)29-20(17)23-16/h14-15,25H,4-12H2,1-3H3,(H,22,23,26). The van der Waals surface area contributed by atoms with Gasteiger partial charge in [-0.15, -0.1) is 11.3 Å². The maximum Gasteiger partial charge on any atom is 0.348 e. The summed E-state index contributed by atoms with van der Waals surface area (Å²) in [4.78, 5) is 35.7. The number of aromatic nitrogens is 2. The van der Waals surface area contributed by atoms with Crippen LogP contribution < -0.4 is 5.56 Å². The molecule has 8 heteroatoms. The highest BCUT2D eigenvalue weighted by Crippen LogP contribution is 2.28. The number of esters is 1. The Balaban J connectivity index is 1.90. The minimum Gasteiger partial charge on any atom is -0.462 e. The normalized spacial score (nSPS) is 16.4. The summed E-state index contributed by atoms with van der Waals surface area (Å²) in [7, 11) is 0. The molecular weight excluding hydrogens is 390 g/mol. The number of aryl methyl sites for hydroxylation is 1. The highest BCUT2D eigenvalue weighted by molar-refractivity contribution is 7.20. The Morgan fingerprint density at radius 3 is 2.72 bits per heavy atom. The van der Waals surface area contributed by atoms with Crippen molar-refractivity contribution in [3.05, 3.63) is 26.6 Å². The van der Waals surface area contributed by atoms with Crippen molar-refractivity contribution < 1.29 is 14.6 Å². The molecule has 1 unspecified atom stereocenters. The van der Waals surface area contributed by atoms with Gasteiger partial charge in [-0.25, -0.2) is 9.78 Å². The molecule has 2 aromatic rings. The zero-order valence-electron chi connectivity index (χ0n) is 17.5. The maximum absolute atomic E-state index is 12.7. The molecule has 1 aliphatic rings. The molecule has 0 bridgehead atoms. The van der Waals surface area contributed by atoms with Gasteiger partial charge in [0.1, 0.15) is 15.5 Å². The van der Waals surface area contributed by atoms with Crippen LogP contribution in [0.15, 0.2) is 4.79 Å². The number of rotatable bonds is 8. The van der Waals surface area contributed by atoms with E-state index < -0.39 is 12.1 Å². The van der Waals surface area contributed by atoms with Crippen LogP contribution in [-0.4, -0.2) is 51.2 Å². The summed E-state index contributed by atoms with van der Waals surface area (Å²) in [5.41, 5.74) is 0.392. The van der Waals surface area contributed by atoms with E-state index in [1.54, 1.807) is 13.8 Å². The number of H-pyrrole nitrogens is 1. The van der Waals surface area contributed by atoms with Gasteiger partial charge in [-0.2, -0.15) is 0 Å². The minimum atomic E-state index is -0.413. The molecule has 0 aromatic carbocycles. The average molecular weight is 422 g/mol. The lowest BCUT2D eigenvalue weighted by Crippen LogP contribution is -2.41. The third kappa shape index (κ3) is 5.05. The maximum atomic E-state index is 12.7. The summed E-state index contributed by atoms with van der Waals surface area (Å²) in [5, 5.41) is 10.7. The van der Waals surface area contributed by atoms with Crippen molar-refractivity contribution in [2.24, 2.45) is 0 Å². The molecule has 1 saturated carbocycles. The van der Waals surface area contributed by atoms with Crippen LogP contribution in [0, 0.1) is 6.92 Å². The number of nitrogens with zero attached hydrogens (tertiary/aromatic N) is 2. The number of hydrogen-bond acceptors (Lipinski definition) is 7. The second-order valence-corrected chi connectivity index (χ2v) is 8.75. The van der Waals surface area contributed by atoms with Gasteiger partial charge in [0.15, 0.2) is 0 Å². The second kappa shape index (κ2) is 9.82. The molecule has 1 aliphatic carbocycles. The van der Waals surface area contributed by atoms with Gasteiger partial charge in [0.05, 0.1) is 24.6 Å². The van der Waals surface area contributed by atoms with Crippen LogP contribution in [0.2, 0.25) is 0 Å². The number of fused-ring (bicyclic) bond motifs is 1. The lowest BCUT2D eigenvalue weighted by molar-refractivity contribution is 0.0531. The fourth-order valence-electron chi connectivity index (χ4n) is 4.04. The number of aromatic amines is 1. The van der Waals surface area contributed by atoms with Gasteiger partial charge >= 0.3 is 5.97 Å². The molecule has 29 heavy (non-hydrogen) atoms. The number of aliphatic hydroxyl groups is 1. The van der Waals surface area contributed by atoms with Gasteiger partial charge in [-0.05, 0) is 38.7 Å². The van der Waals surface area contributed by atoms with E-state index in [4.69, 9.17) is 4.74 Å². The first kappa shape index (κ1) is 21.9. The van der Waals surface area contributed by atoms with E-state index in [0.717, 1.165) is 12.8 Å². The fourth-order valence-corrected chi connectivity index (χ4v) is 5.13. The summed E-state index contributed by atoms with van der Waals surface area (Å²) < 4.78 is 5.10. The minimum absolute atomic E-state index is 0.228. The third-order valence-corrected chi connectivity index (χ3v) is 6.84. The number of ether oxygens (including phenoxy) is 1. The summed E-state index contributed by atoms with van der Waals surface area (Å²) in [6.07, 6.45) is 6.15. The Kier molecular flexibility index (Phi) is 7.43. The third-order valence-electron chi connectivity index (χ3n) is 5.67. The van der Waals surface area contributed by atoms with E-state index in [9.17, 15) is 14.7 Å². The first-order valence-electron chi connectivity index (χ1n) is 10.6. The Labute approximate surface area is 175 Å². The summed E-state index contributed by atoms with van der Waals surface area (Å²) in [6.45, 7) is 6.83. The number of carbonyl (C=O) groups is 1. The highest BCUT2D eigenvalue weighted by atomic mass is 32.1. The molecule has 1 fully saturated rings. The molecule has 0 spiro atoms. The Morgan fingerprint density at radius 1 is 1.34 bits per heavy atom. The molecule has 7 nitrogen and oxygen atoms in total. The van der Waals surface area contributed by atoms with Gasteiger partial charge < -0.3 is 14.8 Å². The van der Waals surface area contributed by atoms with Crippen LogP contribution in [0.3, 0.4) is 0 Å². The Morgan fingerprint density at radius 2 is 2.07 bits per heavy atom. The van der Waals surface area contributed by atoms with Crippen LogP contribution >= 0.6 is 11.3 Å². The van der Waals surface area contributed by atoms with Gasteiger partial charge in [0.2, 0.25) is 0 Å². The molecule has 2 heterocycles. The van der Waals surface area contributed by atoms with E-state index in [1.807, 2.05) is 6.92 Å². The number of carbonyl (C=O) groups excluding carboxylic acids is 1. The van der Waals surface area contributed by atoms with Crippen molar-refractivity contribution in [1.29, 1.82) is 0 Å². The second-order valence-electron chi connectivity index (χ2n) is 7.75. The SMILES string of the molecule is CCOC(=O)c1sc2nc(CN(CC(O)CC)C3CCCCC3)[nH]c(=O)c2c1C. The number of aliphatic hydroxyl groups excluding tert-OH is 1. The monoisotopic (exact) mass is 421 g/mol. The van der Waals surface area contributed by atoms with E-state index >= 15 is 0 Å². The van der Waals surface area contributed by atoms with Crippen molar-refractivity contribution in [3.8, 4) is 0 Å². The van der Waals surface area contributed by atoms with Crippen LogP contribution in [0.4, 0.5) is 0 Å². The Bertz CT molecular complexity index is 901. The molecule has 0 aliphatic heterocycles. The molecule has 160 valence electrons. The summed E-state index contributed by atoms with van der Waals surface area (Å²) in [5.74, 6) is 0.164. The van der Waals surface area contributed by atoms with Gasteiger partial charge in [0.25, 0.3) is 5.56 Å². The number of hydrogen-bond donors (Lipinski definition) is 2. The van der Waals surface area contributed by atoms with Crippen molar-refractivity contribution in [2.75, 3.05) is 13.2 Å². The van der Waals surface area contributed by atoms with E-state index in [0.29, 0.717) is 52.0 Å². The molecular formula is C21H31N3O4S. The quantitative estimate of drug-likeness (QED) is 0.635.